The van der Waals surface area contributed by atoms with Crippen LogP contribution in [0.2, 0.25) is 0 Å². The molecule has 0 spiro atoms. The van der Waals surface area contributed by atoms with Gasteiger partial charge in [0.25, 0.3) is 0 Å². The van der Waals surface area contributed by atoms with Gasteiger partial charge in [0, 0.05) is 36.5 Å². The molecule has 0 N–H and O–H groups in total. The quantitative estimate of drug-likeness (QED) is 0.0506. The molecule has 0 fully saturated rings. The molecule has 0 aliphatic rings. The third-order valence-electron chi connectivity index (χ3n) is 12.1. The number of rotatable bonds is 12. The Labute approximate surface area is 398 Å². The van der Waals surface area contributed by atoms with E-state index in [1.807, 2.05) is 22.7 Å². The second-order valence-electron chi connectivity index (χ2n) is 23.9. The number of hydrogen-bond acceptors (Lipinski definition) is 2. The summed E-state index contributed by atoms with van der Waals surface area (Å²) >= 11 is 6.33. The first kappa shape index (κ1) is 50.6. The molecule has 0 aliphatic carbocycles. The van der Waals surface area contributed by atoms with Gasteiger partial charge in [0.1, 0.15) is 0 Å². The molecule has 5 aromatic rings. The maximum Gasteiger partial charge on any atom is 0.0234 e. The van der Waals surface area contributed by atoms with Gasteiger partial charge < -0.3 is 0 Å². The van der Waals surface area contributed by atoms with Crippen molar-refractivity contribution < 1.29 is 0 Å². The van der Waals surface area contributed by atoms with Crippen molar-refractivity contribution >= 4 is 72.3 Å². The maximum absolute atomic E-state index is 2.57. The van der Waals surface area contributed by atoms with Crippen LogP contribution in [0.25, 0.3) is 22.3 Å². The van der Waals surface area contributed by atoms with Crippen LogP contribution in [0.1, 0.15) is 201 Å². The van der Waals surface area contributed by atoms with E-state index in [-0.39, 0.29) is 32.5 Å². The number of thiophene rings is 2. The number of hydrogen-bond donors (Lipinski definition) is 0. The molecule has 0 bridgehead atoms. The molecule has 0 amide bonds. The van der Waals surface area contributed by atoms with Gasteiger partial charge in [0.15, 0.2) is 0 Å². The Morgan fingerprint density at radius 3 is 1.21 bits per heavy atom. The van der Waals surface area contributed by atoms with Crippen LogP contribution in [0.3, 0.4) is 0 Å². The normalized spacial score (nSPS) is 14.2. The molecule has 5 rings (SSSR count). The zero-order valence-corrected chi connectivity index (χ0v) is 47.0. The predicted molar refractivity (Wildman–Crippen MR) is 290 cm³/mol. The summed E-state index contributed by atoms with van der Waals surface area (Å²) in [5.74, 6) is 0. The Bertz CT molecular complexity index is 2300. The molecule has 0 aliphatic heterocycles. The van der Waals surface area contributed by atoms with Gasteiger partial charge in [-0.3, -0.25) is 0 Å². The Hall–Kier alpha value is -1.35. The van der Waals surface area contributed by atoms with Crippen molar-refractivity contribution in [3.05, 3.63) is 101 Å². The minimum atomic E-state index is -0.0147. The molecule has 61 heavy (non-hydrogen) atoms. The van der Waals surface area contributed by atoms with Crippen LogP contribution in [0.4, 0.5) is 0 Å². The number of aryl methyl sites for hydroxylation is 1. The van der Waals surface area contributed by atoms with Gasteiger partial charge in [-0.05, 0) is 129 Å². The van der Waals surface area contributed by atoms with E-state index in [0.717, 1.165) is 0 Å². The van der Waals surface area contributed by atoms with E-state index >= 15 is 0 Å². The first-order valence-corrected chi connectivity index (χ1v) is 28.1. The molecule has 5 heteroatoms. The summed E-state index contributed by atoms with van der Waals surface area (Å²) < 4.78 is 1.28. The Kier molecular flexibility index (Phi) is 16.0. The van der Waals surface area contributed by atoms with Gasteiger partial charge in [-0.25, -0.2) is 0 Å². The topological polar surface area (TPSA) is 0 Å². The summed E-state index contributed by atoms with van der Waals surface area (Å²) in [6, 6.07) is 15.2. The van der Waals surface area contributed by atoms with E-state index in [2.05, 4.69) is 200 Å². The number of benzene rings is 2. The highest BCUT2D eigenvalue weighted by molar-refractivity contribution is 14.1. The fourth-order valence-electron chi connectivity index (χ4n) is 8.23. The Balaban J connectivity index is 1.95. The SMILES string of the molecule is CC(C)(C)c1cc(C(C)(C)C)c(P=c2c(-c3ccsc3)c(-c3csc(CCCCCCCCI)c3)c2=Pc2c(C(C)(C)C)cc(C(C)(C)C)cc2C(C)(C)C)c(C(C)(C)C)c1. The van der Waals surface area contributed by atoms with Crippen molar-refractivity contribution in [1.82, 2.24) is 0 Å². The minimum Gasteiger partial charge on any atom is -0.152 e. The van der Waals surface area contributed by atoms with Crippen LogP contribution in [0.15, 0.2) is 52.5 Å². The van der Waals surface area contributed by atoms with Crippen molar-refractivity contribution in [3.8, 4) is 22.3 Å². The monoisotopic (exact) mass is 1000 g/mol. The fourth-order valence-corrected chi connectivity index (χ4v) is 14.3. The average Bonchev–Trinajstić information content (AvgIpc) is 3.81. The lowest BCUT2D eigenvalue weighted by Gasteiger charge is -2.33. The van der Waals surface area contributed by atoms with Gasteiger partial charge >= 0.3 is 0 Å². The fraction of sp³-hybridized carbons (Fsp3) is 0.571. The summed E-state index contributed by atoms with van der Waals surface area (Å²) in [6.45, 7) is 43.4. The van der Waals surface area contributed by atoms with Crippen LogP contribution in [0, 0.1) is 9.88 Å². The summed E-state index contributed by atoms with van der Waals surface area (Å²) in [7, 11) is 2.64. The lowest BCUT2D eigenvalue weighted by molar-refractivity contribution is 0.553. The van der Waals surface area contributed by atoms with Crippen LogP contribution in [-0.4, -0.2) is 4.43 Å². The third-order valence-corrected chi connectivity index (χ3v) is 17.5. The molecule has 0 saturated carbocycles. The van der Waals surface area contributed by atoms with Crippen LogP contribution >= 0.6 is 61.7 Å². The number of alkyl halides is 1. The Morgan fingerprint density at radius 2 is 0.852 bits per heavy atom. The molecule has 0 saturated heterocycles. The second kappa shape index (κ2) is 19.2. The van der Waals surface area contributed by atoms with E-state index < -0.39 is 0 Å². The molecule has 2 aromatic heterocycles. The number of halogens is 1. The molecule has 332 valence electrons. The van der Waals surface area contributed by atoms with Gasteiger partial charge in [-0.15, -0.1) is 11.3 Å². The van der Waals surface area contributed by atoms with E-state index in [4.69, 9.17) is 0 Å². The van der Waals surface area contributed by atoms with Gasteiger partial charge in [-0.1, -0.05) is 214 Å². The molecule has 0 radical (unpaired) electrons. The first-order valence-electron chi connectivity index (χ1n) is 23.0. The van der Waals surface area contributed by atoms with Gasteiger partial charge in [0.2, 0.25) is 0 Å². The maximum atomic E-state index is 2.57. The minimum absolute atomic E-state index is 0.0135. The first-order chi connectivity index (χ1) is 28.0. The summed E-state index contributed by atoms with van der Waals surface area (Å²) in [5.41, 5.74) is 14.6. The summed E-state index contributed by atoms with van der Waals surface area (Å²) in [5, 5.41) is 10.2. The highest BCUT2D eigenvalue weighted by atomic mass is 127. The van der Waals surface area contributed by atoms with E-state index in [9.17, 15) is 0 Å². The predicted octanol–water partition coefficient (Wildman–Crippen LogP) is 18.7. The molecule has 0 nitrogen and oxygen atoms in total. The van der Waals surface area contributed by atoms with Crippen LogP contribution in [-0.2, 0) is 38.9 Å². The van der Waals surface area contributed by atoms with Crippen molar-refractivity contribution in [2.45, 2.75) is 202 Å². The Morgan fingerprint density at radius 1 is 0.459 bits per heavy atom. The van der Waals surface area contributed by atoms with Gasteiger partial charge in [0.05, 0.1) is 0 Å². The van der Waals surface area contributed by atoms with Crippen molar-refractivity contribution in [2.24, 2.45) is 0 Å². The summed E-state index contributed by atoms with van der Waals surface area (Å²) in [6.07, 6.45) is 9.27. The van der Waals surface area contributed by atoms with E-state index in [0.29, 0.717) is 0 Å². The van der Waals surface area contributed by atoms with E-state index in [1.54, 1.807) is 0 Å². The standard InChI is InChI=1S/C56H79IP2S2/c1-51(2,3)38-30-41(53(7,8)9)47(42(31-38)54(10,11)12)58-49-45(36-26-28-60-34-36)46(37-29-40(61-35-37)25-23-21-19-20-22-24-27-57)50(49)59-48-43(55(13,14)15)32-39(52(4,5)6)33-44(48)56(16,17)18/h26,28-35H,19-25,27H2,1-18H3. The van der Waals surface area contributed by atoms with E-state index in [1.165, 1.54) is 147 Å². The molecule has 0 atom stereocenters. The average molecular weight is 1010 g/mol. The zero-order valence-electron chi connectivity index (χ0n) is 41.4. The summed E-state index contributed by atoms with van der Waals surface area (Å²) in [4.78, 5) is 4.56. The highest BCUT2D eigenvalue weighted by Gasteiger charge is 2.32. The molecular formula is C56H79IP2S2. The van der Waals surface area contributed by atoms with Crippen molar-refractivity contribution in [1.29, 1.82) is 0 Å². The second-order valence-corrected chi connectivity index (χ2v) is 29.0. The molecular weight excluding hydrogens is 926 g/mol. The molecule has 2 heterocycles. The lowest BCUT2D eigenvalue weighted by atomic mass is 9.75. The smallest absolute Gasteiger partial charge is 0.0234 e. The third kappa shape index (κ3) is 12.3. The molecule has 0 unspecified atom stereocenters. The van der Waals surface area contributed by atoms with Crippen LogP contribution in [0.5, 0.6) is 0 Å². The zero-order chi connectivity index (χ0) is 45.5. The molecule has 3 aromatic carbocycles. The highest BCUT2D eigenvalue weighted by Crippen LogP contribution is 2.48. The van der Waals surface area contributed by atoms with Crippen molar-refractivity contribution in [3.63, 3.8) is 0 Å². The van der Waals surface area contributed by atoms with Crippen LogP contribution < -0.4 is 10.6 Å². The largest absolute Gasteiger partial charge is 0.152 e. The number of unbranched alkanes of at least 4 members (excludes halogenated alkanes) is 5. The lowest BCUT2D eigenvalue weighted by Crippen LogP contribution is -2.30. The van der Waals surface area contributed by atoms with Crippen molar-refractivity contribution in [2.75, 3.05) is 4.43 Å². The van der Waals surface area contributed by atoms with Gasteiger partial charge in [-0.2, -0.15) is 11.3 Å².